The second-order valence-electron chi connectivity index (χ2n) is 3.80. The maximum atomic E-state index is 11.2. The van der Waals surface area contributed by atoms with Crippen LogP contribution >= 0.6 is 0 Å². The van der Waals surface area contributed by atoms with Crippen molar-refractivity contribution >= 4 is 23.0 Å². The van der Waals surface area contributed by atoms with Crippen LogP contribution in [0.2, 0.25) is 0 Å². The lowest BCUT2D eigenvalue weighted by Gasteiger charge is -2.06. The average molecular weight is 249 g/mol. The number of carbonyl (C=O) groups is 1. The molecule has 2 aromatic rings. The van der Waals surface area contributed by atoms with E-state index in [0.717, 1.165) is 16.8 Å². The van der Waals surface area contributed by atoms with Crippen LogP contribution in [0, 0.1) is 0 Å². The number of hydrogen-bond donors (Lipinski definition) is 1. The Hall–Kier alpha value is -2.24. The molecule has 1 heterocycles. The van der Waals surface area contributed by atoms with E-state index in [0.29, 0.717) is 12.5 Å². The van der Waals surface area contributed by atoms with Crippen molar-refractivity contribution in [1.29, 1.82) is 0 Å². The molecular formula is C12H15N3O3. The van der Waals surface area contributed by atoms with Crippen molar-refractivity contribution in [3.8, 4) is 5.75 Å². The summed E-state index contributed by atoms with van der Waals surface area (Å²) in [5.74, 6) is 0.822. The molecule has 96 valence electrons. The van der Waals surface area contributed by atoms with Gasteiger partial charge in [0.05, 0.1) is 31.7 Å². The van der Waals surface area contributed by atoms with Crippen molar-refractivity contribution in [2.75, 3.05) is 20.0 Å². The summed E-state index contributed by atoms with van der Waals surface area (Å²) in [5, 5.41) is 0. The van der Waals surface area contributed by atoms with Crippen molar-refractivity contribution in [3.63, 3.8) is 0 Å². The summed E-state index contributed by atoms with van der Waals surface area (Å²) in [4.78, 5) is 15.4. The topological polar surface area (TPSA) is 79.4 Å². The van der Waals surface area contributed by atoms with Crippen LogP contribution in [-0.4, -0.2) is 29.7 Å². The van der Waals surface area contributed by atoms with Crippen LogP contribution in [0.3, 0.4) is 0 Å². The molecule has 6 nitrogen and oxygen atoms in total. The Morgan fingerprint density at radius 1 is 1.44 bits per heavy atom. The number of esters is 1. The van der Waals surface area contributed by atoms with Crippen LogP contribution in [0.15, 0.2) is 18.2 Å². The van der Waals surface area contributed by atoms with Gasteiger partial charge in [-0.3, -0.25) is 4.79 Å². The molecule has 0 spiro atoms. The van der Waals surface area contributed by atoms with Crippen LogP contribution < -0.4 is 10.5 Å². The summed E-state index contributed by atoms with van der Waals surface area (Å²) in [6, 6.07) is 5.49. The number of fused-ring (bicyclic) bond motifs is 1. The van der Waals surface area contributed by atoms with Crippen LogP contribution in [-0.2, 0) is 16.1 Å². The highest BCUT2D eigenvalue weighted by Gasteiger charge is 2.10. The lowest BCUT2D eigenvalue weighted by molar-refractivity contribution is -0.140. The molecule has 1 aromatic carbocycles. The Labute approximate surface area is 104 Å². The first kappa shape index (κ1) is 12.2. The minimum absolute atomic E-state index is 0.253. The van der Waals surface area contributed by atoms with Crippen molar-refractivity contribution in [3.05, 3.63) is 18.2 Å². The fourth-order valence-electron chi connectivity index (χ4n) is 1.79. The number of hydrogen-bond acceptors (Lipinski definition) is 5. The quantitative estimate of drug-likeness (QED) is 0.823. The largest absolute Gasteiger partial charge is 0.497 e. The number of aromatic nitrogens is 2. The van der Waals surface area contributed by atoms with E-state index >= 15 is 0 Å². The SMILES string of the molecule is COC(=O)CCn1c(N)nc2ccc(OC)cc21. The second kappa shape index (κ2) is 4.95. The zero-order valence-electron chi connectivity index (χ0n) is 10.3. The highest BCUT2D eigenvalue weighted by atomic mass is 16.5. The summed E-state index contributed by atoms with van der Waals surface area (Å²) in [6.45, 7) is 0.433. The van der Waals surface area contributed by atoms with Gasteiger partial charge in [0.15, 0.2) is 0 Å². The number of anilines is 1. The van der Waals surface area contributed by atoms with Gasteiger partial charge in [0.1, 0.15) is 5.75 Å². The number of nitrogens with zero attached hydrogens (tertiary/aromatic N) is 2. The van der Waals surface area contributed by atoms with Crippen LogP contribution in [0.25, 0.3) is 11.0 Å². The Kier molecular flexibility index (Phi) is 3.36. The Morgan fingerprint density at radius 2 is 2.22 bits per heavy atom. The van der Waals surface area contributed by atoms with Crippen molar-refractivity contribution in [2.24, 2.45) is 0 Å². The van der Waals surface area contributed by atoms with Crippen LogP contribution in [0.5, 0.6) is 5.75 Å². The van der Waals surface area contributed by atoms with Crippen molar-refractivity contribution in [1.82, 2.24) is 9.55 Å². The number of methoxy groups -OCH3 is 2. The molecule has 0 radical (unpaired) electrons. The van der Waals surface area contributed by atoms with E-state index in [-0.39, 0.29) is 12.4 Å². The van der Waals surface area contributed by atoms with E-state index in [1.165, 1.54) is 7.11 Å². The molecule has 1 aromatic heterocycles. The number of nitrogens with two attached hydrogens (primary N) is 1. The number of benzene rings is 1. The molecule has 0 aliphatic rings. The fraction of sp³-hybridized carbons (Fsp3) is 0.333. The normalized spacial score (nSPS) is 10.6. The number of nitrogen functional groups attached to an aromatic ring is 1. The van der Waals surface area contributed by atoms with Crippen LogP contribution in [0.4, 0.5) is 5.95 Å². The van der Waals surface area contributed by atoms with E-state index in [4.69, 9.17) is 10.5 Å². The molecule has 0 saturated heterocycles. The third kappa shape index (κ3) is 2.22. The molecule has 18 heavy (non-hydrogen) atoms. The molecule has 2 N–H and O–H groups in total. The fourth-order valence-corrected chi connectivity index (χ4v) is 1.79. The molecular weight excluding hydrogens is 234 g/mol. The Balaban J connectivity index is 2.35. The molecule has 0 saturated carbocycles. The van der Waals surface area contributed by atoms with Gasteiger partial charge in [0, 0.05) is 12.6 Å². The van der Waals surface area contributed by atoms with Crippen LogP contribution in [0.1, 0.15) is 6.42 Å². The number of aryl methyl sites for hydroxylation is 1. The average Bonchev–Trinajstić information content (AvgIpc) is 2.70. The zero-order chi connectivity index (χ0) is 13.1. The third-order valence-corrected chi connectivity index (χ3v) is 2.75. The number of ether oxygens (including phenoxy) is 2. The maximum absolute atomic E-state index is 11.2. The first-order chi connectivity index (χ1) is 8.65. The summed E-state index contributed by atoms with van der Waals surface area (Å²) in [5.41, 5.74) is 7.45. The molecule has 0 aliphatic heterocycles. The van der Waals surface area contributed by atoms with Gasteiger partial charge in [-0.1, -0.05) is 0 Å². The maximum Gasteiger partial charge on any atom is 0.307 e. The first-order valence-electron chi connectivity index (χ1n) is 5.52. The summed E-state index contributed by atoms with van der Waals surface area (Å²) in [6.07, 6.45) is 0.253. The molecule has 0 unspecified atom stereocenters. The lowest BCUT2D eigenvalue weighted by atomic mass is 10.3. The molecule has 0 fully saturated rings. The smallest absolute Gasteiger partial charge is 0.307 e. The predicted octanol–water partition coefficient (Wildman–Crippen LogP) is 1.19. The van der Waals surface area contributed by atoms with Gasteiger partial charge >= 0.3 is 5.97 Å². The van der Waals surface area contributed by atoms with Crippen molar-refractivity contribution < 1.29 is 14.3 Å². The standard InChI is InChI=1S/C12H15N3O3/c1-17-8-3-4-9-10(7-8)15(12(13)14-9)6-5-11(16)18-2/h3-4,7H,5-6H2,1-2H3,(H2,13,14). The van der Waals surface area contributed by atoms with Gasteiger partial charge in [0.2, 0.25) is 5.95 Å². The van der Waals surface area contributed by atoms with Gasteiger partial charge in [-0.15, -0.1) is 0 Å². The third-order valence-electron chi connectivity index (χ3n) is 2.75. The summed E-state index contributed by atoms with van der Waals surface area (Å²) < 4.78 is 11.5. The van der Waals surface area contributed by atoms with E-state index in [1.807, 2.05) is 18.2 Å². The lowest BCUT2D eigenvalue weighted by Crippen LogP contribution is -2.09. The molecule has 0 bridgehead atoms. The van der Waals surface area contributed by atoms with E-state index in [1.54, 1.807) is 11.7 Å². The van der Waals surface area contributed by atoms with E-state index in [9.17, 15) is 4.79 Å². The summed E-state index contributed by atoms with van der Waals surface area (Å²) >= 11 is 0. The summed E-state index contributed by atoms with van der Waals surface area (Å²) in [7, 11) is 2.96. The van der Waals surface area contributed by atoms with Gasteiger partial charge in [-0.25, -0.2) is 4.98 Å². The zero-order valence-corrected chi connectivity index (χ0v) is 10.3. The number of carbonyl (C=O) groups excluding carboxylic acids is 1. The van der Waals surface area contributed by atoms with Crippen molar-refractivity contribution in [2.45, 2.75) is 13.0 Å². The number of rotatable bonds is 4. The molecule has 2 rings (SSSR count). The van der Waals surface area contributed by atoms with E-state index in [2.05, 4.69) is 9.72 Å². The second-order valence-corrected chi connectivity index (χ2v) is 3.80. The highest BCUT2D eigenvalue weighted by Crippen LogP contribution is 2.23. The van der Waals surface area contributed by atoms with E-state index < -0.39 is 0 Å². The Bertz CT molecular complexity index is 577. The molecule has 6 heteroatoms. The predicted molar refractivity (Wildman–Crippen MR) is 67.3 cm³/mol. The number of imidazole rings is 1. The monoisotopic (exact) mass is 249 g/mol. The van der Waals surface area contributed by atoms with Gasteiger partial charge in [0.25, 0.3) is 0 Å². The van der Waals surface area contributed by atoms with Gasteiger partial charge < -0.3 is 19.8 Å². The minimum Gasteiger partial charge on any atom is -0.497 e. The molecule has 0 amide bonds. The van der Waals surface area contributed by atoms with Gasteiger partial charge in [-0.05, 0) is 12.1 Å². The first-order valence-corrected chi connectivity index (χ1v) is 5.52. The minimum atomic E-state index is -0.279. The highest BCUT2D eigenvalue weighted by molar-refractivity contribution is 5.80. The Morgan fingerprint density at radius 3 is 2.89 bits per heavy atom. The molecule has 0 aliphatic carbocycles. The van der Waals surface area contributed by atoms with Gasteiger partial charge in [-0.2, -0.15) is 0 Å². The molecule has 0 atom stereocenters.